The smallest absolute Gasteiger partial charge is 0.310 e. The first kappa shape index (κ1) is 25.6. The molecule has 1 atom stereocenters. The number of fused-ring (bicyclic) bond motifs is 1. The van der Waals surface area contributed by atoms with Gasteiger partial charge in [0.1, 0.15) is 11.3 Å². The van der Waals surface area contributed by atoms with E-state index in [2.05, 4.69) is 31.4 Å². The van der Waals surface area contributed by atoms with Gasteiger partial charge in [0.05, 0.1) is 24.3 Å². The number of hydrogen-bond acceptors (Lipinski definition) is 5. The van der Waals surface area contributed by atoms with Crippen LogP contribution < -0.4 is 15.5 Å². The topological polar surface area (TPSA) is 70.7 Å². The van der Waals surface area contributed by atoms with Gasteiger partial charge in [-0.1, -0.05) is 57.5 Å². The van der Waals surface area contributed by atoms with E-state index < -0.39 is 11.3 Å². The summed E-state index contributed by atoms with van der Waals surface area (Å²) in [7, 11) is 0. The van der Waals surface area contributed by atoms with Crippen LogP contribution in [0.4, 0.5) is 17.1 Å². The summed E-state index contributed by atoms with van der Waals surface area (Å²) in [4.78, 5) is 27.7. The van der Waals surface area contributed by atoms with Gasteiger partial charge in [0.15, 0.2) is 0 Å². The van der Waals surface area contributed by atoms with Crippen LogP contribution >= 0.6 is 0 Å². The molecule has 1 aliphatic rings. The van der Waals surface area contributed by atoms with E-state index in [-0.39, 0.29) is 24.2 Å². The summed E-state index contributed by atoms with van der Waals surface area (Å²) in [5.41, 5.74) is 2.60. The number of carbonyl (C=O) groups is 2. The summed E-state index contributed by atoms with van der Waals surface area (Å²) in [6, 6.07) is 16.0. The monoisotopic (exact) mass is 465 g/mol. The number of nitrogens with zero attached hydrogens (tertiary/aromatic N) is 1. The number of anilines is 3. The second-order valence-corrected chi connectivity index (χ2v) is 10.6. The van der Waals surface area contributed by atoms with Crippen LogP contribution in [-0.4, -0.2) is 23.1 Å². The number of hydrogen-bond donors (Lipinski definition) is 2. The highest BCUT2D eigenvalue weighted by atomic mass is 16.6. The van der Waals surface area contributed by atoms with Gasteiger partial charge in [-0.3, -0.25) is 9.59 Å². The Labute approximate surface area is 204 Å². The molecule has 6 nitrogen and oxygen atoms in total. The van der Waals surface area contributed by atoms with E-state index in [1.165, 1.54) is 0 Å². The second kappa shape index (κ2) is 10.5. The van der Waals surface area contributed by atoms with Gasteiger partial charge in [-0.2, -0.15) is 0 Å². The van der Waals surface area contributed by atoms with E-state index >= 15 is 0 Å². The summed E-state index contributed by atoms with van der Waals surface area (Å²) >= 11 is 0. The van der Waals surface area contributed by atoms with Gasteiger partial charge in [-0.05, 0) is 56.9 Å². The van der Waals surface area contributed by atoms with Gasteiger partial charge < -0.3 is 20.3 Å². The number of ether oxygens (including phenoxy) is 1. The standard InChI is InChI=1S/C28H39N3O3/c1-7-15-28(18-26(33)34-27(4,5)6)29-23-14-13-22(17-24(23)30-28)31(25(32)16-20(2)3)19-21-11-9-8-10-12-21/h8-14,17,20,29-30H,7,15-16,18-19H2,1-6H3. The molecule has 0 saturated carbocycles. The van der Waals surface area contributed by atoms with Crippen molar-refractivity contribution in [2.75, 3.05) is 15.5 Å². The van der Waals surface area contributed by atoms with E-state index in [0.717, 1.165) is 35.5 Å². The molecule has 2 aromatic rings. The van der Waals surface area contributed by atoms with Crippen LogP contribution in [0.15, 0.2) is 48.5 Å². The molecule has 0 fully saturated rings. The summed E-state index contributed by atoms with van der Waals surface area (Å²) in [5, 5.41) is 7.08. The summed E-state index contributed by atoms with van der Waals surface area (Å²) in [5.74, 6) is 0.121. The van der Waals surface area contributed by atoms with Crippen LogP contribution in [0, 0.1) is 5.92 Å². The third-order valence-electron chi connectivity index (χ3n) is 5.67. The second-order valence-electron chi connectivity index (χ2n) is 10.6. The molecule has 2 N–H and O–H groups in total. The van der Waals surface area contributed by atoms with Crippen LogP contribution in [0.1, 0.15) is 72.8 Å². The van der Waals surface area contributed by atoms with Crippen LogP contribution in [0.3, 0.4) is 0 Å². The lowest BCUT2D eigenvalue weighted by Crippen LogP contribution is -2.45. The number of rotatable bonds is 9. The highest BCUT2D eigenvalue weighted by Gasteiger charge is 2.39. The minimum atomic E-state index is -0.607. The molecule has 1 aliphatic heterocycles. The van der Waals surface area contributed by atoms with Crippen LogP contribution in [0.5, 0.6) is 0 Å². The lowest BCUT2D eigenvalue weighted by Gasteiger charge is -2.31. The fourth-order valence-electron chi connectivity index (χ4n) is 4.36. The number of amides is 1. The van der Waals surface area contributed by atoms with E-state index in [1.54, 1.807) is 0 Å². The average molecular weight is 466 g/mol. The lowest BCUT2D eigenvalue weighted by atomic mass is 10.0. The van der Waals surface area contributed by atoms with Crippen molar-refractivity contribution < 1.29 is 14.3 Å². The van der Waals surface area contributed by atoms with Crippen molar-refractivity contribution in [2.24, 2.45) is 5.92 Å². The lowest BCUT2D eigenvalue weighted by molar-refractivity contribution is -0.155. The largest absolute Gasteiger partial charge is 0.460 e. The van der Waals surface area contributed by atoms with Crippen molar-refractivity contribution >= 4 is 28.9 Å². The molecule has 2 aromatic carbocycles. The molecule has 6 heteroatoms. The Morgan fingerprint density at radius 2 is 1.71 bits per heavy atom. The minimum Gasteiger partial charge on any atom is -0.460 e. The van der Waals surface area contributed by atoms with Crippen molar-refractivity contribution in [3.63, 3.8) is 0 Å². The van der Waals surface area contributed by atoms with Gasteiger partial charge in [-0.15, -0.1) is 0 Å². The molecule has 184 valence electrons. The molecule has 0 bridgehead atoms. The zero-order valence-electron chi connectivity index (χ0n) is 21.4. The molecular formula is C28H39N3O3. The van der Waals surface area contributed by atoms with Crippen molar-refractivity contribution in [3.8, 4) is 0 Å². The molecular weight excluding hydrogens is 426 g/mol. The number of benzene rings is 2. The van der Waals surface area contributed by atoms with Crippen molar-refractivity contribution in [1.82, 2.24) is 0 Å². The summed E-state index contributed by atoms with van der Waals surface area (Å²) < 4.78 is 5.59. The first-order chi connectivity index (χ1) is 16.0. The Balaban J connectivity index is 1.86. The van der Waals surface area contributed by atoms with Crippen molar-refractivity contribution in [3.05, 3.63) is 54.1 Å². The van der Waals surface area contributed by atoms with Crippen LogP contribution in [-0.2, 0) is 20.9 Å². The van der Waals surface area contributed by atoms with E-state index in [0.29, 0.717) is 13.0 Å². The van der Waals surface area contributed by atoms with E-state index in [4.69, 9.17) is 4.74 Å². The molecule has 1 heterocycles. The third kappa shape index (κ3) is 6.75. The molecule has 0 aromatic heterocycles. The molecule has 34 heavy (non-hydrogen) atoms. The Kier molecular flexibility index (Phi) is 7.90. The van der Waals surface area contributed by atoms with Crippen molar-refractivity contribution in [2.45, 2.75) is 85.0 Å². The van der Waals surface area contributed by atoms with Crippen LogP contribution in [0.2, 0.25) is 0 Å². The Bertz CT molecular complexity index is 998. The van der Waals surface area contributed by atoms with Crippen molar-refractivity contribution in [1.29, 1.82) is 0 Å². The third-order valence-corrected chi connectivity index (χ3v) is 5.67. The fraction of sp³-hybridized carbons (Fsp3) is 0.500. The molecule has 0 spiro atoms. The maximum absolute atomic E-state index is 13.2. The molecule has 0 aliphatic carbocycles. The molecule has 0 radical (unpaired) electrons. The van der Waals surface area contributed by atoms with Gasteiger partial charge in [0.25, 0.3) is 0 Å². The number of nitrogens with one attached hydrogen (secondary N) is 2. The van der Waals surface area contributed by atoms with E-state index in [9.17, 15) is 9.59 Å². The predicted molar refractivity (Wildman–Crippen MR) is 139 cm³/mol. The van der Waals surface area contributed by atoms with Gasteiger partial charge in [-0.25, -0.2) is 0 Å². The number of carbonyl (C=O) groups excluding carboxylic acids is 2. The average Bonchev–Trinajstić information content (AvgIpc) is 3.07. The highest BCUT2D eigenvalue weighted by molar-refractivity contribution is 5.95. The quantitative estimate of drug-likeness (QED) is 0.423. The van der Waals surface area contributed by atoms with E-state index in [1.807, 2.05) is 74.2 Å². The fourth-order valence-corrected chi connectivity index (χ4v) is 4.36. The molecule has 1 unspecified atom stereocenters. The Morgan fingerprint density at radius 1 is 1.03 bits per heavy atom. The highest BCUT2D eigenvalue weighted by Crippen LogP contribution is 2.41. The summed E-state index contributed by atoms with van der Waals surface area (Å²) in [6.45, 7) is 12.4. The molecule has 3 rings (SSSR count). The summed E-state index contributed by atoms with van der Waals surface area (Å²) in [6.07, 6.45) is 2.35. The maximum Gasteiger partial charge on any atom is 0.310 e. The molecule has 0 saturated heterocycles. The molecule has 1 amide bonds. The Morgan fingerprint density at radius 3 is 2.32 bits per heavy atom. The number of esters is 1. The Hall–Kier alpha value is -3.02. The predicted octanol–water partition coefficient (Wildman–Crippen LogP) is 6.33. The zero-order valence-corrected chi connectivity index (χ0v) is 21.4. The van der Waals surface area contributed by atoms with Gasteiger partial charge in [0.2, 0.25) is 5.91 Å². The normalized spacial score (nSPS) is 17.0. The first-order valence-electron chi connectivity index (χ1n) is 12.3. The van der Waals surface area contributed by atoms with Gasteiger partial charge in [0, 0.05) is 12.1 Å². The SMILES string of the molecule is CCCC1(CC(=O)OC(C)(C)C)Nc2ccc(N(Cc3ccccc3)C(=O)CC(C)C)cc2N1. The first-order valence-corrected chi connectivity index (χ1v) is 12.3. The van der Waals surface area contributed by atoms with Crippen LogP contribution in [0.25, 0.3) is 0 Å². The minimum absolute atomic E-state index is 0.0957. The maximum atomic E-state index is 13.2. The zero-order chi connectivity index (χ0) is 24.9. The van der Waals surface area contributed by atoms with Gasteiger partial charge >= 0.3 is 5.97 Å².